The summed E-state index contributed by atoms with van der Waals surface area (Å²) in [5.74, 6) is -1.75. The number of carboxylic acid groups (broad SMARTS) is 1. The molecule has 2 bridgehead atoms. The Labute approximate surface area is 224 Å². The second-order valence-electron chi connectivity index (χ2n) is 12.8. The summed E-state index contributed by atoms with van der Waals surface area (Å²) >= 11 is 0. The summed E-state index contributed by atoms with van der Waals surface area (Å²) in [5.41, 5.74) is -0.708. The molecular formula is C29H41FN2O6. The molecule has 38 heavy (non-hydrogen) atoms. The van der Waals surface area contributed by atoms with Crippen LogP contribution < -0.4 is 20.1 Å². The highest BCUT2D eigenvalue weighted by atomic mass is 19.1. The lowest BCUT2D eigenvalue weighted by Gasteiger charge is -2.34. The van der Waals surface area contributed by atoms with E-state index in [0.29, 0.717) is 32.2 Å². The van der Waals surface area contributed by atoms with Crippen molar-refractivity contribution in [2.24, 2.45) is 28.6 Å². The van der Waals surface area contributed by atoms with E-state index in [4.69, 9.17) is 9.47 Å². The van der Waals surface area contributed by atoms with Gasteiger partial charge in [-0.15, -0.1) is 0 Å². The molecule has 1 aromatic carbocycles. The molecule has 3 N–H and O–H groups in total. The van der Waals surface area contributed by atoms with E-state index in [1.807, 2.05) is 0 Å². The van der Waals surface area contributed by atoms with Crippen LogP contribution >= 0.6 is 0 Å². The lowest BCUT2D eigenvalue weighted by Crippen LogP contribution is -2.50. The number of carboxylic acids is 1. The minimum Gasteiger partial charge on any atom is -0.496 e. The van der Waals surface area contributed by atoms with Gasteiger partial charge in [0.25, 0.3) is 5.91 Å². The first kappa shape index (κ1) is 28.2. The number of halogens is 1. The van der Waals surface area contributed by atoms with Gasteiger partial charge in [-0.05, 0) is 75.2 Å². The normalized spacial score (nSPS) is 30.5. The van der Waals surface area contributed by atoms with Gasteiger partial charge < -0.3 is 25.2 Å². The average Bonchev–Trinajstić information content (AvgIpc) is 3.46. The second-order valence-corrected chi connectivity index (χ2v) is 12.8. The van der Waals surface area contributed by atoms with E-state index < -0.39 is 23.1 Å². The van der Waals surface area contributed by atoms with E-state index >= 15 is 0 Å². The average molecular weight is 533 g/mol. The Bertz CT molecular complexity index is 1080. The Hall–Kier alpha value is -2.84. The number of hydrogen-bond donors (Lipinski definition) is 3. The van der Waals surface area contributed by atoms with Gasteiger partial charge in [-0.25, -0.2) is 4.39 Å². The van der Waals surface area contributed by atoms with Crippen LogP contribution in [0, 0.1) is 34.4 Å². The third-order valence-corrected chi connectivity index (χ3v) is 8.65. The maximum Gasteiger partial charge on any atom is 0.309 e. The molecule has 0 aliphatic heterocycles. The van der Waals surface area contributed by atoms with Gasteiger partial charge in [-0.3, -0.25) is 14.4 Å². The molecule has 1 aromatic rings. The summed E-state index contributed by atoms with van der Waals surface area (Å²) in [6.07, 6.45) is 4.32. The number of carbonyl (C=O) groups is 3. The maximum atomic E-state index is 14.9. The van der Waals surface area contributed by atoms with E-state index in [0.717, 1.165) is 25.3 Å². The highest BCUT2D eigenvalue weighted by Crippen LogP contribution is 2.49. The van der Waals surface area contributed by atoms with Crippen LogP contribution in [0.15, 0.2) is 12.1 Å². The van der Waals surface area contributed by atoms with Gasteiger partial charge in [0.05, 0.1) is 30.1 Å². The van der Waals surface area contributed by atoms with Crippen LogP contribution in [0.2, 0.25) is 0 Å². The van der Waals surface area contributed by atoms with Crippen LogP contribution in [0.3, 0.4) is 0 Å². The summed E-state index contributed by atoms with van der Waals surface area (Å²) in [6.45, 7) is 8.46. The van der Waals surface area contributed by atoms with Crippen molar-refractivity contribution in [1.82, 2.24) is 10.6 Å². The van der Waals surface area contributed by atoms with Crippen molar-refractivity contribution in [2.45, 2.75) is 84.8 Å². The lowest BCUT2D eigenvalue weighted by molar-refractivity contribution is -0.150. The molecular weight excluding hydrogens is 491 g/mol. The Morgan fingerprint density at radius 3 is 2.34 bits per heavy atom. The number of ether oxygens (including phenoxy) is 2. The Balaban J connectivity index is 1.48. The molecule has 2 amide bonds. The Morgan fingerprint density at radius 2 is 1.74 bits per heavy atom. The molecule has 0 radical (unpaired) electrons. The molecule has 0 aromatic heterocycles. The summed E-state index contributed by atoms with van der Waals surface area (Å²) in [4.78, 5) is 38.2. The first-order valence-electron chi connectivity index (χ1n) is 13.7. The van der Waals surface area contributed by atoms with Gasteiger partial charge in [0, 0.05) is 18.7 Å². The van der Waals surface area contributed by atoms with Crippen LogP contribution in [-0.2, 0) is 9.59 Å². The lowest BCUT2D eigenvalue weighted by atomic mass is 9.75. The fourth-order valence-corrected chi connectivity index (χ4v) is 6.29. The fraction of sp³-hybridized carbons (Fsp3) is 0.690. The van der Waals surface area contributed by atoms with E-state index in [1.54, 1.807) is 6.92 Å². The third-order valence-electron chi connectivity index (χ3n) is 8.65. The fourth-order valence-electron chi connectivity index (χ4n) is 6.29. The van der Waals surface area contributed by atoms with E-state index in [9.17, 15) is 23.9 Å². The number of nitrogens with one attached hydrogen (secondary N) is 2. The first-order chi connectivity index (χ1) is 17.8. The number of aliphatic carboxylic acids is 1. The second kappa shape index (κ2) is 10.7. The van der Waals surface area contributed by atoms with Gasteiger partial charge in [-0.1, -0.05) is 20.8 Å². The van der Waals surface area contributed by atoms with E-state index in [2.05, 4.69) is 31.4 Å². The van der Waals surface area contributed by atoms with Crippen LogP contribution in [0.5, 0.6) is 11.5 Å². The number of benzene rings is 1. The van der Waals surface area contributed by atoms with Crippen LogP contribution in [0.1, 0.15) is 83.0 Å². The van der Waals surface area contributed by atoms with Crippen LogP contribution in [0.4, 0.5) is 4.39 Å². The Kier molecular flexibility index (Phi) is 7.96. The monoisotopic (exact) mass is 532 g/mol. The summed E-state index contributed by atoms with van der Waals surface area (Å²) < 4.78 is 26.2. The zero-order valence-electron chi connectivity index (χ0n) is 23.1. The topological polar surface area (TPSA) is 114 Å². The zero-order valence-corrected chi connectivity index (χ0v) is 23.1. The van der Waals surface area contributed by atoms with E-state index in [1.165, 1.54) is 13.2 Å². The zero-order chi connectivity index (χ0) is 27.8. The van der Waals surface area contributed by atoms with E-state index in [-0.39, 0.29) is 58.3 Å². The van der Waals surface area contributed by atoms with Crippen molar-refractivity contribution in [3.63, 3.8) is 0 Å². The van der Waals surface area contributed by atoms with Crippen LogP contribution in [-0.4, -0.2) is 48.7 Å². The number of hydrogen-bond acceptors (Lipinski definition) is 5. The van der Waals surface area contributed by atoms with Gasteiger partial charge >= 0.3 is 5.97 Å². The number of amides is 2. The van der Waals surface area contributed by atoms with Crippen molar-refractivity contribution < 1.29 is 33.4 Å². The molecule has 210 valence electrons. The predicted molar refractivity (Wildman–Crippen MR) is 140 cm³/mol. The van der Waals surface area contributed by atoms with Gasteiger partial charge in [0.2, 0.25) is 5.91 Å². The molecule has 4 atom stereocenters. The van der Waals surface area contributed by atoms with Gasteiger partial charge in [-0.2, -0.15) is 0 Å². The first-order valence-corrected chi connectivity index (χ1v) is 13.7. The molecule has 4 rings (SSSR count). The number of methoxy groups -OCH3 is 1. The maximum absolute atomic E-state index is 14.9. The standard InChI is InChI=1S/C29H41FN2O6/c1-28(2,3)15-31-26(34)23-16-6-7-17(12-16)24(23)32-25(33)19-13-22(20(30)14-21(19)37-5)38-18-8-10-29(4,11-9-18)27(35)36/h13-14,16-18,23-24H,6-12,15H2,1-5H3,(H,31,34)(H,32,33)(H,35,36)/t16-,17+,18?,23+,24-,29?/m1/s1. The largest absolute Gasteiger partial charge is 0.496 e. The van der Waals surface area contributed by atoms with Crippen molar-refractivity contribution in [3.05, 3.63) is 23.5 Å². The summed E-state index contributed by atoms with van der Waals surface area (Å²) in [7, 11) is 1.38. The Morgan fingerprint density at radius 1 is 1.08 bits per heavy atom. The molecule has 3 aliphatic carbocycles. The van der Waals surface area contributed by atoms with Crippen molar-refractivity contribution >= 4 is 17.8 Å². The SMILES string of the molecule is COc1cc(F)c(OC2CCC(C)(C(=O)O)CC2)cc1C(=O)N[C@@H]1[C@H]2CC[C@H](C2)[C@@H]1C(=O)NCC(C)(C)C. The summed E-state index contributed by atoms with van der Waals surface area (Å²) in [5, 5.41) is 15.6. The molecule has 0 spiro atoms. The minimum absolute atomic E-state index is 0.0295. The molecule has 3 saturated carbocycles. The molecule has 9 heteroatoms. The van der Waals surface area contributed by atoms with Crippen molar-refractivity contribution in [1.29, 1.82) is 0 Å². The highest BCUT2D eigenvalue weighted by molar-refractivity contribution is 5.98. The highest BCUT2D eigenvalue weighted by Gasteiger charge is 2.51. The molecule has 3 aliphatic rings. The van der Waals surface area contributed by atoms with Crippen LogP contribution in [0.25, 0.3) is 0 Å². The summed E-state index contributed by atoms with van der Waals surface area (Å²) in [6, 6.07) is 2.20. The predicted octanol–water partition coefficient (Wildman–Crippen LogP) is 4.55. The molecule has 0 saturated heterocycles. The number of carbonyl (C=O) groups excluding carboxylic acids is 2. The number of fused-ring (bicyclic) bond motifs is 2. The minimum atomic E-state index is -0.837. The third kappa shape index (κ3) is 5.91. The van der Waals surface area contributed by atoms with Crippen molar-refractivity contribution in [3.8, 4) is 11.5 Å². The quantitative estimate of drug-likeness (QED) is 0.453. The molecule has 0 unspecified atom stereocenters. The molecule has 0 heterocycles. The van der Waals surface area contributed by atoms with Gasteiger partial charge in [0.1, 0.15) is 5.75 Å². The smallest absolute Gasteiger partial charge is 0.309 e. The molecule has 3 fully saturated rings. The van der Waals surface area contributed by atoms with Gasteiger partial charge in [0.15, 0.2) is 11.6 Å². The number of rotatable bonds is 8. The molecule has 8 nitrogen and oxygen atoms in total. The van der Waals surface area contributed by atoms with Crippen molar-refractivity contribution in [2.75, 3.05) is 13.7 Å².